The summed E-state index contributed by atoms with van der Waals surface area (Å²) in [6.07, 6.45) is -7.64. The van der Waals surface area contributed by atoms with Crippen LogP contribution in [-0.4, -0.2) is 29.4 Å². The van der Waals surface area contributed by atoms with E-state index >= 15 is 0 Å². The van der Waals surface area contributed by atoms with Gasteiger partial charge in [-0.05, 0) is 77.0 Å². The van der Waals surface area contributed by atoms with Crippen LogP contribution in [0.2, 0.25) is 0 Å². The van der Waals surface area contributed by atoms with E-state index in [1.54, 1.807) is 0 Å². The van der Waals surface area contributed by atoms with Gasteiger partial charge in [0.05, 0.1) is 16.2 Å². The third kappa shape index (κ3) is 3.47. The number of aliphatic carboxylic acids is 2. The van der Waals surface area contributed by atoms with Gasteiger partial charge in [0, 0.05) is 11.4 Å². The van der Waals surface area contributed by atoms with Crippen molar-refractivity contribution in [1.82, 2.24) is 0 Å². The van der Waals surface area contributed by atoms with Crippen LogP contribution in [0.4, 0.5) is 26.3 Å². The molecule has 0 aliphatic heterocycles. The van der Waals surface area contributed by atoms with Gasteiger partial charge >= 0.3 is 19.7 Å². The molecule has 0 aromatic heterocycles. The van der Waals surface area contributed by atoms with Gasteiger partial charge < -0.3 is 15.0 Å². The first kappa shape index (κ1) is 23.2. The fourth-order valence-corrected chi connectivity index (χ4v) is 5.85. The molecule has 0 saturated heterocycles. The van der Waals surface area contributed by atoms with Crippen LogP contribution < -0.4 is 5.11 Å². The largest absolute Gasteiger partial charge is 1.00 e. The summed E-state index contributed by atoms with van der Waals surface area (Å²) in [5.74, 6) is -2.09. The first-order valence-electron chi connectivity index (χ1n) is 10.2. The lowest BCUT2D eigenvalue weighted by Gasteiger charge is -2.54. The van der Waals surface area contributed by atoms with E-state index in [2.05, 4.69) is 0 Å². The maximum Gasteiger partial charge on any atom is 1.00 e. The van der Waals surface area contributed by atoms with Crippen molar-refractivity contribution in [3.63, 3.8) is 0 Å². The van der Waals surface area contributed by atoms with Crippen LogP contribution in [0.1, 0.15) is 78.5 Å². The number of halogens is 6. The van der Waals surface area contributed by atoms with Crippen LogP contribution in [0.25, 0.3) is 0 Å². The Hall–Kier alpha value is -1.48. The SMILES string of the molecule is O=C(O)C12CCC(C(F)(F)F)(CC1)CC2.O=C([O-])C12CCC(C(F)(F)F)(CC1)CC2.[H+]. The molecule has 6 rings (SSSR count). The van der Waals surface area contributed by atoms with Crippen LogP contribution in [0.5, 0.6) is 0 Å². The summed E-state index contributed by atoms with van der Waals surface area (Å²) in [5.41, 5.74) is -5.01. The predicted octanol–water partition coefficient (Wildman–Crippen LogP) is 4.73. The minimum Gasteiger partial charge on any atom is -0.550 e. The van der Waals surface area contributed by atoms with Crippen LogP contribution in [0, 0.1) is 21.7 Å². The van der Waals surface area contributed by atoms with Gasteiger partial charge in [0.25, 0.3) is 0 Å². The summed E-state index contributed by atoms with van der Waals surface area (Å²) in [5, 5.41) is 19.9. The molecular formula is C20H26F6O4. The molecule has 10 heteroatoms. The zero-order valence-corrected chi connectivity index (χ0v) is 16.4. The van der Waals surface area contributed by atoms with Crippen molar-refractivity contribution in [3.8, 4) is 0 Å². The Morgan fingerprint density at radius 1 is 0.633 bits per heavy atom. The van der Waals surface area contributed by atoms with Crippen molar-refractivity contribution in [2.24, 2.45) is 21.7 Å². The van der Waals surface area contributed by atoms with E-state index in [-0.39, 0.29) is 78.5 Å². The van der Waals surface area contributed by atoms with E-state index in [1.165, 1.54) is 0 Å². The Bertz CT molecular complexity index is 608. The number of rotatable bonds is 2. The number of carboxylic acid groups (broad SMARTS) is 2. The van der Waals surface area contributed by atoms with Crippen LogP contribution in [0.15, 0.2) is 0 Å². The molecular weight excluding hydrogens is 418 g/mol. The Balaban J connectivity index is 0.000000213. The van der Waals surface area contributed by atoms with Crippen molar-refractivity contribution >= 4 is 11.9 Å². The Morgan fingerprint density at radius 3 is 1.10 bits per heavy atom. The van der Waals surface area contributed by atoms with Gasteiger partial charge in [0.15, 0.2) is 0 Å². The van der Waals surface area contributed by atoms with Gasteiger partial charge in [0.1, 0.15) is 0 Å². The van der Waals surface area contributed by atoms with Crippen molar-refractivity contribution < 1.29 is 47.6 Å². The zero-order valence-electron chi connectivity index (χ0n) is 17.4. The molecule has 172 valence electrons. The maximum absolute atomic E-state index is 12.8. The molecule has 0 spiro atoms. The number of fused-ring (bicyclic) bond motifs is 6. The highest BCUT2D eigenvalue weighted by molar-refractivity contribution is 5.75. The molecule has 0 amide bonds. The Labute approximate surface area is 171 Å². The second-order valence-corrected chi connectivity index (χ2v) is 9.71. The minimum atomic E-state index is -4.19. The molecule has 0 radical (unpaired) electrons. The number of carbonyl (C=O) groups is 2. The standard InChI is InChI=1S/2C10H13F3O2/c2*11-10(12,13)9-4-1-8(2-5-9,3-6-9)7(14)15/h2*1-6H2,(H,14,15). The third-order valence-electron chi connectivity index (χ3n) is 8.58. The molecule has 1 N–H and O–H groups in total. The van der Waals surface area contributed by atoms with E-state index in [9.17, 15) is 41.0 Å². The van der Waals surface area contributed by atoms with E-state index in [0.29, 0.717) is 0 Å². The molecule has 4 nitrogen and oxygen atoms in total. The summed E-state index contributed by atoms with van der Waals surface area (Å²) in [7, 11) is 0. The van der Waals surface area contributed by atoms with Gasteiger partial charge in [-0.2, -0.15) is 26.3 Å². The quantitative estimate of drug-likeness (QED) is 0.625. The predicted molar refractivity (Wildman–Crippen MR) is 91.0 cm³/mol. The topological polar surface area (TPSA) is 77.4 Å². The van der Waals surface area contributed by atoms with Gasteiger partial charge in [-0.15, -0.1) is 0 Å². The molecule has 0 unspecified atom stereocenters. The van der Waals surface area contributed by atoms with Gasteiger partial charge in [-0.3, -0.25) is 4.79 Å². The number of hydrogen-bond donors (Lipinski definition) is 1. The molecule has 6 aliphatic carbocycles. The molecule has 30 heavy (non-hydrogen) atoms. The second-order valence-electron chi connectivity index (χ2n) is 9.71. The van der Waals surface area contributed by atoms with Crippen LogP contribution in [0.3, 0.4) is 0 Å². The molecule has 0 aromatic rings. The number of hydrogen-bond acceptors (Lipinski definition) is 3. The van der Waals surface area contributed by atoms with Gasteiger partial charge in [0.2, 0.25) is 0 Å². The lowest BCUT2D eigenvalue weighted by molar-refractivity contribution is -0.331. The van der Waals surface area contributed by atoms with E-state index < -0.39 is 46.0 Å². The van der Waals surface area contributed by atoms with Crippen LogP contribution in [-0.2, 0) is 9.59 Å². The van der Waals surface area contributed by atoms with Crippen molar-refractivity contribution in [2.45, 2.75) is 89.4 Å². The summed E-state index contributed by atoms with van der Waals surface area (Å²) in [4.78, 5) is 21.9. The monoisotopic (exact) mass is 444 g/mol. The fraction of sp³-hybridized carbons (Fsp3) is 0.900. The highest BCUT2D eigenvalue weighted by Gasteiger charge is 2.63. The van der Waals surface area contributed by atoms with Crippen molar-refractivity contribution in [3.05, 3.63) is 0 Å². The highest BCUT2D eigenvalue weighted by atomic mass is 19.4. The lowest BCUT2D eigenvalue weighted by atomic mass is 9.53. The summed E-state index contributed by atoms with van der Waals surface area (Å²) in [6, 6.07) is 0. The molecule has 6 aliphatic rings. The minimum absolute atomic E-state index is 0. The average Bonchev–Trinajstić information content (AvgIpc) is 2.69. The summed E-state index contributed by atoms with van der Waals surface area (Å²) < 4.78 is 76.8. The third-order valence-corrected chi connectivity index (χ3v) is 8.58. The summed E-state index contributed by atoms with van der Waals surface area (Å²) >= 11 is 0. The molecule has 4 bridgehead atoms. The van der Waals surface area contributed by atoms with Crippen LogP contribution >= 0.6 is 0 Å². The number of carbonyl (C=O) groups excluding carboxylic acids is 1. The molecule has 0 aromatic carbocycles. The molecule has 0 heterocycles. The van der Waals surface area contributed by atoms with Gasteiger partial charge in [-0.25, -0.2) is 0 Å². The Morgan fingerprint density at radius 2 is 0.900 bits per heavy atom. The molecule has 6 fully saturated rings. The van der Waals surface area contributed by atoms with Crippen molar-refractivity contribution in [2.75, 3.05) is 0 Å². The zero-order chi connectivity index (χ0) is 22.6. The highest BCUT2D eigenvalue weighted by Crippen LogP contribution is 2.63. The normalized spacial score (nSPS) is 40.5. The van der Waals surface area contributed by atoms with E-state index in [1.807, 2.05) is 0 Å². The smallest absolute Gasteiger partial charge is 0.550 e. The molecule has 0 atom stereocenters. The lowest BCUT2D eigenvalue weighted by Crippen LogP contribution is -2.55. The number of alkyl halides is 6. The number of carboxylic acids is 2. The fourth-order valence-electron chi connectivity index (χ4n) is 5.85. The second kappa shape index (κ2) is 7.02. The molecule has 6 saturated carbocycles. The first-order valence-corrected chi connectivity index (χ1v) is 10.2. The van der Waals surface area contributed by atoms with E-state index in [0.717, 1.165) is 0 Å². The van der Waals surface area contributed by atoms with E-state index in [4.69, 9.17) is 5.11 Å². The average molecular weight is 444 g/mol. The van der Waals surface area contributed by atoms with Gasteiger partial charge in [-0.1, -0.05) is 0 Å². The Kier molecular flexibility index (Phi) is 5.42. The first-order chi connectivity index (χ1) is 13.6. The van der Waals surface area contributed by atoms with Crippen molar-refractivity contribution in [1.29, 1.82) is 0 Å². The maximum atomic E-state index is 12.8. The summed E-state index contributed by atoms with van der Waals surface area (Å²) in [6.45, 7) is 0.